The lowest BCUT2D eigenvalue weighted by Gasteiger charge is -2.22. The van der Waals surface area contributed by atoms with E-state index in [1.54, 1.807) is 13.0 Å². The van der Waals surface area contributed by atoms with Crippen molar-refractivity contribution >= 4 is 28.6 Å². The van der Waals surface area contributed by atoms with Crippen molar-refractivity contribution in [1.29, 1.82) is 0 Å². The van der Waals surface area contributed by atoms with Crippen LogP contribution in [-0.4, -0.2) is 35.9 Å². The standard InChI is InChI=1S/C25H26N2O5/c1-3-32-25(30)23(28)18-12-16(31-2)13-20-22(18)21-17(24(26)29)10-7-11-19(21)27(20)14-15-8-5-4-6-9-15/h4-6,8-9,12-13,17H,3,7,10-11,14H2,1-2H3,(H2,26,29). The molecular formula is C25H26N2O5. The van der Waals surface area contributed by atoms with Crippen molar-refractivity contribution in [2.75, 3.05) is 13.7 Å². The Labute approximate surface area is 186 Å². The van der Waals surface area contributed by atoms with Crippen LogP contribution in [0.5, 0.6) is 5.75 Å². The second-order valence-corrected chi connectivity index (χ2v) is 7.90. The zero-order valence-electron chi connectivity index (χ0n) is 18.2. The van der Waals surface area contributed by atoms with E-state index >= 15 is 0 Å². The molecule has 1 heterocycles. The van der Waals surface area contributed by atoms with E-state index in [2.05, 4.69) is 4.57 Å². The summed E-state index contributed by atoms with van der Waals surface area (Å²) in [6, 6.07) is 13.3. The maximum atomic E-state index is 13.1. The molecule has 1 unspecified atom stereocenters. The number of hydrogen-bond donors (Lipinski definition) is 1. The number of fused-ring (bicyclic) bond motifs is 3. The number of esters is 1. The van der Waals surface area contributed by atoms with Crippen molar-refractivity contribution in [2.45, 2.75) is 38.6 Å². The number of carbonyl (C=O) groups is 3. The van der Waals surface area contributed by atoms with Crippen molar-refractivity contribution in [3.05, 3.63) is 64.8 Å². The highest BCUT2D eigenvalue weighted by molar-refractivity contribution is 6.43. The molecule has 0 fully saturated rings. The predicted octanol–water partition coefficient (Wildman–Crippen LogP) is 3.35. The van der Waals surface area contributed by atoms with Crippen LogP contribution < -0.4 is 10.5 Å². The van der Waals surface area contributed by atoms with Gasteiger partial charge in [-0.3, -0.25) is 9.59 Å². The van der Waals surface area contributed by atoms with Gasteiger partial charge in [0.1, 0.15) is 5.75 Å². The van der Waals surface area contributed by atoms with Crippen molar-refractivity contribution in [2.24, 2.45) is 5.73 Å². The Morgan fingerprint density at radius 3 is 2.56 bits per heavy atom. The molecule has 4 rings (SSSR count). The fourth-order valence-corrected chi connectivity index (χ4v) is 4.63. The third-order valence-electron chi connectivity index (χ3n) is 6.01. The second-order valence-electron chi connectivity index (χ2n) is 7.90. The van der Waals surface area contributed by atoms with Crippen LogP contribution in [0.4, 0.5) is 0 Å². The number of carbonyl (C=O) groups excluding carboxylic acids is 3. The predicted molar refractivity (Wildman–Crippen MR) is 120 cm³/mol. The number of rotatable bonds is 7. The number of ketones is 1. The van der Waals surface area contributed by atoms with Crippen LogP contribution in [0.25, 0.3) is 10.9 Å². The largest absolute Gasteiger partial charge is 0.497 e. The average Bonchev–Trinajstić information content (AvgIpc) is 3.12. The molecule has 0 saturated heterocycles. The van der Waals surface area contributed by atoms with E-state index in [0.717, 1.165) is 35.2 Å². The van der Waals surface area contributed by atoms with E-state index in [-0.39, 0.29) is 12.2 Å². The Balaban J connectivity index is 2.04. The van der Waals surface area contributed by atoms with Gasteiger partial charge in [0.25, 0.3) is 5.78 Å². The summed E-state index contributed by atoms with van der Waals surface area (Å²) in [5.41, 5.74) is 9.47. The Morgan fingerprint density at radius 2 is 1.91 bits per heavy atom. The summed E-state index contributed by atoms with van der Waals surface area (Å²) in [4.78, 5) is 37.8. The maximum absolute atomic E-state index is 13.1. The van der Waals surface area contributed by atoms with Gasteiger partial charge >= 0.3 is 5.97 Å². The molecule has 0 aliphatic heterocycles. The number of amides is 1. The maximum Gasteiger partial charge on any atom is 0.379 e. The highest BCUT2D eigenvalue weighted by atomic mass is 16.5. The van der Waals surface area contributed by atoms with Gasteiger partial charge in [-0.15, -0.1) is 0 Å². The van der Waals surface area contributed by atoms with E-state index in [0.29, 0.717) is 24.1 Å². The Morgan fingerprint density at radius 1 is 1.16 bits per heavy atom. The average molecular weight is 434 g/mol. The first-order chi connectivity index (χ1) is 15.5. The SMILES string of the molecule is CCOC(=O)C(=O)c1cc(OC)cc2c1c1c(n2Cc2ccccc2)CCCC1C(N)=O. The molecular weight excluding hydrogens is 408 g/mol. The molecule has 3 aromatic rings. The normalized spacial score (nSPS) is 15.2. The van der Waals surface area contributed by atoms with Crippen molar-refractivity contribution in [3.63, 3.8) is 0 Å². The van der Waals surface area contributed by atoms with Crippen LogP contribution in [0.3, 0.4) is 0 Å². The Hall–Kier alpha value is -3.61. The monoisotopic (exact) mass is 434 g/mol. The van der Waals surface area contributed by atoms with Gasteiger partial charge in [0.2, 0.25) is 5.91 Å². The fourth-order valence-electron chi connectivity index (χ4n) is 4.63. The molecule has 1 aromatic heterocycles. The molecule has 1 aliphatic carbocycles. The Kier molecular flexibility index (Phi) is 5.99. The number of primary amides is 1. The first-order valence-corrected chi connectivity index (χ1v) is 10.7. The zero-order valence-corrected chi connectivity index (χ0v) is 18.2. The first kappa shape index (κ1) is 21.6. The van der Waals surface area contributed by atoms with E-state index < -0.39 is 23.6 Å². The molecule has 0 saturated carbocycles. The summed E-state index contributed by atoms with van der Waals surface area (Å²) in [5.74, 6) is -2.21. The summed E-state index contributed by atoms with van der Waals surface area (Å²) in [6.07, 6.45) is 2.16. The molecule has 1 amide bonds. The third-order valence-corrected chi connectivity index (χ3v) is 6.01. The molecule has 0 bridgehead atoms. The summed E-state index contributed by atoms with van der Waals surface area (Å²) in [5, 5.41) is 0.582. The zero-order chi connectivity index (χ0) is 22.8. The minimum Gasteiger partial charge on any atom is -0.497 e. The number of hydrogen-bond acceptors (Lipinski definition) is 5. The van der Waals surface area contributed by atoms with Crippen LogP contribution in [0, 0.1) is 0 Å². The molecule has 0 spiro atoms. The van der Waals surface area contributed by atoms with Gasteiger partial charge in [0, 0.05) is 29.3 Å². The number of Topliss-reactive ketones (excluding diaryl/α,β-unsaturated/α-hetero) is 1. The second kappa shape index (κ2) is 8.86. The quantitative estimate of drug-likeness (QED) is 0.349. The number of ether oxygens (including phenoxy) is 2. The highest BCUT2D eigenvalue weighted by Gasteiger charge is 2.34. The van der Waals surface area contributed by atoms with Crippen molar-refractivity contribution in [3.8, 4) is 5.75 Å². The van der Waals surface area contributed by atoms with Gasteiger partial charge in [-0.05, 0) is 43.4 Å². The molecule has 2 aromatic carbocycles. The van der Waals surface area contributed by atoms with E-state index in [4.69, 9.17) is 15.2 Å². The smallest absolute Gasteiger partial charge is 0.379 e. The molecule has 1 atom stereocenters. The molecule has 2 N–H and O–H groups in total. The third kappa shape index (κ3) is 3.75. The lowest BCUT2D eigenvalue weighted by atomic mass is 9.83. The number of nitrogens with zero attached hydrogens (tertiary/aromatic N) is 1. The van der Waals surface area contributed by atoms with Gasteiger partial charge in [0.05, 0.1) is 25.2 Å². The van der Waals surface area contributed by atoms with Crippen LogP contribution in [0.2, 0.25) is 0 Å². The topological polar surface area (TPSA) is 101 Å². The van der Waals surface area contributed by atoms with Crippen LogP contribution in [-0.2, 0) is 27.3 Å². The highest BCUT2D eigenvalue weighted by Crippen LogP contribution is 2.42. The van der Waals surface area contributed by atoms with Gasteiger partial charge in [-0.2, -0.15) is 0 Å². The Bertz CT molecular complexity index is 1200. The number of nitrogens with two attached hydrogens (primary N) is 1. The molecule has 166 valence electrons. The molecule has 1 aliphatic rings. The van der Waals surface area contributed by atoms with Gasteiger partial charge in [0.15, 0.2) is 0 Å². The van der Waals surface area contributed by atoms with Gasteiger partial charge < -0.3 is 19.8 Å². The van der Waals surface area contributed by atoms with Crippen LogP contribution in [0.15, 0.2) is 42.5 Å². The van der Waals surface area contributed by atoms with E-state index in [9.17, 15) is 14.4 Å². The molecule has 32 heavy (non-hydrogen) atoms. The van der Waals surface area contributed by atoms with Crippen LogP contribution in [0.1, 0.15) is 52.9 Å². The summed E-state index contributed by atoms with van der Waals surface area (Å²) in [6.45, 7) is 2.29. The minimum atomic E-state index is -0.932. The summed E-state index contributed by atoms with van der Waals surface area (Å²) in [7, 11) is 1.51. The lowest BCUT2D eigenvalue weighted by molar-refractivity contribution is -0.137. The van der Waals surface area contributed by atoms with Crippen LogP contribution >= 0.6 is 0 Å². The number of benzene rings is 2. The number of aromatic nitrogens is 1. The summed E-state index contributed by atoms with van der Waals surface area (Å²) >= 11 is 0. The van der Waals surface area contributed by atoms with E-state index in [1.165, 1.54) is 7.11 Å². The summed E-state index contributed by atoms with van der Waals surface area (Å²) < 4.78 is 12.5. The first-order valence-electron chi connectivity index (χ1n) is 10.7. The molecule has 7 nitrogen and oxygen atoms in total. The van der Waals surface area contributed by atoms with Gasteiger partial charge in [-0.1, -0.05) is 30.3 Å². The minimum absolute atomic E-state index is 0.0920. The van der Waals surface area contributed by atoms with Crippen molar-refractivity contribution in [1.82, 2.24) is 4.57 Å². The van der Waals surface area contributed by atoms with Gasteiger partial charge in [-0.25, -0.2) is 4.79 Å². The lowest BCUT2D eigenvalue weighted by Crippen LogP contribution is -2.26. The molecule has 7 heteroatoms. The van der Waals surface area contributed by atoms with Crippen molar-refractivity contribution < 1.29 is 23.9 Å². The molecule has 0 radical (unpaired) electrons. The fraction of sp³-hybridized carbons (Fsp3) is 0.320. The number of methoxy groups -OCH3 is 1. The van der Waals surface area contributed by atoms with E-state index in [1.807, 2.05) is 36.4 Å².